The molecule has 17 heavy (non-hydrogen) atoms. The minimum Gasteiger partial charge on any atom is -0.352 e. The van der Waals surface area contributed by atoms with Crippen molar-refractivity contribution in [3.8, 4) is 0 Å². The van der Waals surface area contributed by atoms with Gasteiger partial charge >= 0.3 is 0 Å². The quantitative estimate of drug-likeness (QED) is 0.726. The van der Waals surface area contributed by atoms with Gasteiger partial charge in [-0.25, -0.2) is 0 Å². The topological polar surface area (TPSA) is 41.1 Å². The Kier molecular flexibility index (Phi) is 3.19. The maximum atomic E-state index is 12.1. The van der Waals surface area contributed by atoms with Gasteiger partial charge in [0.1, 0.15) is 0 Å². The molecule has 3 atom stereocenters. The summed E-state index contributed by atoms with van der Waals surface area (Å²) in [5.74, 6) is 2.20. The maximum absolute atomic E-state index is 12.1. The first-order valence-electron chi connectivity index (χ1n) is 6.99. The summed E-state index contributed by atoms with van der Waals surface area (Å²) in [6.45, 7) is 2.78. The summed E-state index contributed by atoms with van der Waals surface area (Å²) in [4.78, 5) is 12.1. The highest BCUT2D eigenvalue weighted by Gasteiger charge is 2.42. The van der Waals surface area contributed by atoms with E-state index >= 15 is 0 Å². The smallest absolute Gasteiger partial charge is 0.223 e. The molecule has 3 unspecified atom stereocenters. The van der Waals surface area contributed by atoms with Crippen LogP contribution in [0.2, 0.25) is 0 Å². The molecule has 0 aromatic heterocycles. The number of amides is 1. The molecule has 3 heteroatoms. The van der Waals surface area contributed by atoms with Crippen molar-refractivity contribution in [1.82, 2.24) is 10.6 Å². The molecule has 2 bridgehead atoms. The van der Waals surface area contributed by atoms with Crippen molar-refractivity contribution in [2.45, 2.75) is 32.1 Å². The standard InChI is InChI=1S/C14H22N2O/c17-14(13-8-11-1-2-12(13)7-11)16-9-10-3-5-15-6-4-10/h3,11-13,15H,1-2,4-9H2,(H,16,17). The van der Waals surface area contributed by atoms with Crippen molar-refractivity contribution in [3.05, 3.63) is 11.6 Å². The molecule has 0 aromatic rings. The third-order valence-corrected chi connectivity index (χ3v) is 4.72. The Bertz CT molecular complexity index is 337. The second-order valence-corrected chi connectivity index (χ2v) is 5.82. The van der Waals surface area contributed by atoms with Crippen LogP contribution in [0.4, 0.5) is 0 Å². The predicted molar refractivity (Wildman–Crippen MR) is 67.5 cm³/mol. The van der Waals surface area contributed by atoms with Gasteiger partial charge in [0, 0.05) is 19.0 Å². The number of nitrogens with one attached hydrogen (secondary N) is 2. The van der Waals surface area contributed by atoms with Crippen LogP contribution in [-0.2, 0) is 4.79 Å². The lowest BCUT2D eigenvalue weighted by molar-refractivity contribution is -0.126. The number of carbonyl (C=O) groups is 1. The fraction of sp³-hybridized carbons (Fsp3) is 0.786. The number of fused-ring (bicyclic) bond motifs is 2. The van der Waals surface area contributed by atoms with Gasteiger partial charge in [0.2, 0.25) is 5.91 Å². The number of hydrogen-bond acceptors (Lipinski definition) is 2. The summed E-state index contributed by atoms with van der Waals surface area (Å²) in [5, 5.41) is 6.43. The molecular weight excluding hydrogens is 212 g/mol. The molecule has 0 aromatic carbocycles. The van der Waals surface area contributed by atoms with Crippen LogP contribution in [0.3, 0.4) is 0 Å². The summed E-state index contributed by atoms with van der Waals surface area (Å²) >= 11 is 0. The fourth-order valence-electron chi connectivity index (χ4n) is 3.73. The Morgan fingerprint density at radius 1 is 1.41 bits per heavy atom. The van der Waals surface area contributed by atoms with Gasteiger partial charge in [-0.05, 0) is 44.1 Å². The van der Waals surface area contributed by atoms with E-state index in [1.165, 1.54) is 24.8 Å². The SMILES string of the molecule is O=C(NCC1=CCNCC1)C1CC2CCC1C2. The zero-order valence-corrected chi connectivity index (χ0v) is 10.4. The van der Waals surface area contributed by atoms with E-state index < -0.39 is 0 Å². The molecule has 3 aliphatic rings. The van der Waals surface area contributed by atoms with Crippen molar-refractivity contribution in [2.75, 3.05) is 19.6 Å². The molecular formula is C14H22N2O. The van der Waals surface area contributed by atoms with Gasteiger partial charge < -0.3 is 10.6 Å². The van der Waals surface area contributed by atoms with E-state index in [4.69, 9.17) is 0 Å². The third kappa shape index (κ3) is 2.39. The Labute approximate surface area is 103 Å². The largest absolute Gasteiger partial charge is 0.352 e. The molecule has 3 nitrogen and oxygen atoms in total. The van der Waals surface area contributed by atoms with Gasteiger partial charge in [-0.2, -0.15) is 0 Å². The van der Waals surface area contributed by atoms with Crippen molar-refractivity contribution in [3.63, 3.8) is 0 Å². The molecule has 2 N–H and O–H groups in total. The van der Waals surface area contributed by atoms with Crippen molar-refractivity contribution in [2.24, 2.45) is 17.8 Å². The number of hydrogen-bond donors (Lipinski definition) is 2. The van der Waals surface area contributed by atoms with Crippen LogP contribution in [0, 0.1) is 17.8 Å². The Hall–Kier alpha value is -0.830. The molecule has 2 fully saturated rings. The van der Waals surface area contributed by atoms with Gasteiger partial charge in [-0.3, -0.25) is 4.79 Å². The summed E-state index contributed by atoms with van der Waals surface area (Å²) in [6.07, 6.45) is 8.41. The van der Waals surface area contributed by atoms with E-state index in [-0.39, 0.29) is 0 Å². The first-order valence-corrected chi connectivity index (χ1v) is 6.99. The zero-order valence-electron chi connectivity index (χ0n) is 10.4. The molecule has 1 heterocycles. The van der Waals surface area contributed by atoms with E-state index in [1.54, 1.807) is 0 Å². The molecule has 2 saturated carbocycles. The summed E-state index contributed by atoms with van der Waals surface area (Å²) < 4.78 is 0. The molecule has 1 amide bonds. The second kappa shape index (κ2) is 4.81. The highest BCUT2D eigenvalue weighted by molar-refractivity contribution is 5.79. The van der Waals surface area contributed by atoms with Crippen LogP contribution in [0.15, 0.2) is 11.6 Å². The van der Waals surface area contributed by atoms with E-state index in [0.29, 0.717) is 17.7 Å². The van der Waals surface area contributed by atoms with Crippen LogP contribution in [0.25, 0.3) is 0 Å². The van der Waals surface area contributed by atoms with Gasteiger partial charge in [-0.15, -0.1) is 0 Å². The average molecular weight is 234 g/mol. The van der Waals surface area contributed by atoms with Crippen LogP contribution < -0.4 is 10.6 Å². The second-order valence-electron chi connectivity index (χ2n) is 5.82. The molecule has 3 rings (SSSR count). The third-order valence-electron chi connectivity index (χ3n) is 4.72. The number of rotatable bonds is 3. The van der Waals surface area contributed by atoms with E-state index in [1.807, 2.05) is 0 Å². The Balaban J connectivity index is 1.49. The molecule has 0 radical (unpaired) electrons. The molecule has 0 saturated heterocycles. The van der Waals surface area contributed by atoms with E-state index in [0.717, 1.165) is 38.4 Å². The van der Waals surface area contributed by atoms with Gasteiger partial charge in [0.15, 0.2) is 0 Å². The molecule has 94 valence electrons. The number of carbonyl (C=O) groups excluding carboxylic acids is 1. The lowest BCUT2D eigenvalue weighted by Gasteiger charge is -2.22. The molecule has 1 aliphatic heterocycles. The summed E-state index contributed by atoms with van der Waals surface area (Å²) in [6, 6.07) is 0. The van der Waals surface area contributed by atoms with Crippen molar-refractivity contribution in [1.29, 1.82) is 0 Å². The highest BCUT2D eigenvalue weighted by Crippen LogP contribution is 2.48. The minimum absolute atomic E-state index is 0.316. The Morgan fingerprint density at radius 2 is 2.35 bits per heavy atom. The van der Waals surface area contributed by atoms with Crippen LogP contribution in [-0.4, -0.2) is 25.5 Å². The summed E-state index contributed by atoms with van der Waals surface area (Å²) in [5.41, 5.74) is 1.39. The van der Waals surface area contributed by atoms with Crippen LogP contribution >= 0.6 is 0 Å². The first kappa shape index (κ1) is 11.3. The predicted octanol–water partition coefficient (Wildman–Crippen LogP) is 1.46. The van der Waals surface area contributed by atoms with Gasteiger partial charge in [0.05, 0.1) is 0 Å². The monoisotopic (exact) mass is 234 g/mol. The lowest BCUT2D eigenvalue weighted by Crippen LogP contribution is -2.36. The van der Waals surface area contributed by atoms with E-state index in [2.05, 4.69) is 16.7 Å². The lowest BCUT2D eigenvalue weighted by atomic mass is 9.88. The average Bonchev–Trinajstić information content (AvgIpc) is 2.99. The highest BCUT2D eigenvalue weighted by atomic mass is 16.1. The van der Waals surface area contributed by atoms with Crippen molar-refractivity contribution < 1.29 is 4.79 Å². The van der Waals surface area contributed by atoms with Crippen molar-refractivity contribution >= 4 is 5.91 Å². The summed E-state index contributed by atoms with van der Waals surface area (Å²) in [7, 11) is 0. The first-order chi connectivity index (χ1) is 8.33. The maximum Gasteiger partial charge on any atom is 0.223 e. The van der Waals surface area contributed by atoms with E-state index in [9.17, 15) is 4.79 Å². The Morgan fingerprint density at radius 3 is 3.00 bits per heavy atom. The normalized spacial score (nSPS) is 35.8. The van der Waals surface area contributed by atoms with Crippen LogP contribution in [0.5, 0.6) is 0 Å². The van der Waals surface area contributed by atoms with Crippen LogP contribution in [0.1, 0.15) is 32.1 Å². The molecule has 2 aliphatic carbocycles. The van der Waals surface area contributed by atoms with Gasteiger partial charge in [0.25, 0.3) is 0 Å². The van der Waals surface area contributed by atoms with Gasteiger partial charge in [-0.1, -0.05) is 18.1 Å². The fourth-order valence-corrected chi connectivity index (χ4v) is 3.73. The molecule has 0 spiro atoms. The minimum atomic E-state index is 0.316. The zero-order chi connectivity index (χ0) is 11.7.